The molecule has 0 spiro atoms. The molecule has 1 amide bonds. The lowest BCUT2D eigenvalue weighted by Crippen LogP contribution is -2.56. The van der Waals surface area contributed by atoms with E-state index in [1.54, 1.807) is 0 Å². The number of carbonyl (C=O) groups excluding carboxylic acids is 1. The van der Waals surface area contributed by atoms with E-state index in [1.165, 1.54) is 32.0 Å². The topological polar surface area (TPSA) is 127 Å². The zero-order chi connectivity index (χ0) is 24.5. The Hall–Kier alpha value is -3.03. The summed E-state index contributed by atoms with van der Waals surface area (Å²) in [5, 5.41) is 20.8. The molecule has 32 heavy (non-hydrogen) atoms. The summed E-state index contributed by atoms with van der Waals surface area (Å²) < 4.78 is 71.3. The predicted octanol–water partition coefficient (Wildman–Crippen LogP) is 3.14. The molecule has 2 aromatic carbocycles. The maximum absolute atomic E-state index is 14.1. The summed E-state index contributed by atoms with van der Waals surface area (Å²) in [4.78, 5) is 22.1. The van der Waals surface area contributed by atoms with E-state index in [4.69, 9.17) is 0 Å². The molecule has 0 saturated heterocycles. The van der Waals surface area contributed by atoms with Crippen LogP contribution in [0.3, 0.4) is 0 Å². The van der Waals surface area contributed by atoms with Crippen LogP contribution < -0.4 is 5.06 Å². The van der Waals surface area contributed by atoms with Gasteiger partial charge in [-0.2, -0.15) is 18.2 Å². The third-order valence-electron chi connectivity index (χ3n) is 4.66. The zero-order valence-electron chi connectivity index (χ0n) is 17.1. The molecule has 0 heterocycles. The molecule has 0 aliphatic carbocycles. The van der Waals surface area contributed by atoms with Crippen LogP contribution in [0.4, 0.5) is 18.9 Å². The second-order valence-corrected chi connectivity index (χ2v) is 8.75. The Bertz CT molecular complexity index is 1110. The highest BCUT2D eigenvalue weighted by Crippen LogP contribution is 2.44. The number of alkyl halides is 3. The SMILES string of the molecule is COC(C(=O)N(O)c1cc(C)c(S(=O)(=O)C[N+](=O)[O-])c(C)c1)(c1ccccc1)C(F)(F)F. The van der Waals surface area contributed by atoms with E-state index in [2.05, 4.69) is 4.74 Å². The Morgan fingerprint density at radius 3 is 2.06 bits per heavy atom. The van der Waals surface area contributed by atoms with E-state index >= 15 is 0 Å². The number of methoxy groups -OCH3 is 1. The first-order valence-corrected chi connectivity index (χ1v) is 10.5. The van der Waals surface area contributed by atoms with Gasteiger partial charge in [0.1, 0.15) is 0 Å². The lowest BCUT2D eigenvalue weighted by Gasteiger charge is -2.35. The van der Waals surface area contributed by atoms with Gasteiger partial charge in [0.2, 0.25) is 9.84 Å². The van der Waals surface area contributed by atoms with Crippen LogP contribution in [-0.4, -0.2) is 43.6 Å². The molecule has 9 nitrogen and oxygen atoms in total. The van der Waals surface area contributed by atoms with Gasteiger partial charge in [0, 0.05) is 17.6 Å². The van der Waals surface area contributed by atoms with Gasteiger partial charge in [-0.15, -0.1) is 0 Å². The van der Waals surface area contributed by atoms with Crippen LogP contribution in [0.5, 0.6) is 0 Å². The van der Waals surface area contributed by atoms with Crippen molar-refractivity contribution in [3.63, 3.8) is 0 Å². The first kappa shape index (κ1) is 25.2. The monoisotopic (exact) mass is 476 g/mol. The van der Waals surface area contributed by atoms with Gasteiger partial charge < -0.3 is 4.74 Å². The number of nitrogens with zero attached hydrogens (tertiary/aromatic N) is 2. The standard InChI is InChI=1S/C19H19F3N2O7S/c1-12-9-15(10-13(2)16(12)32(29,30)11-23(26)27)24(28)17(25)18(31-3,19(20,21)22)14-7-5-4-6-8-14/h4-10,28H,11H2,1-3H3. The fourth-order valence-electron chi connectivity index (χ4n) is 3.41. The van der Waals surface area contributed by atoms with Crippen molar-refractivity contribution in [2.45, 2.75) is 30.5 Å². The molecule has 13 heteroatoms. The molecule has 0 saturated carbocycles. The van der Waals surface area contributed by atoms with Crippen LogP contribution >= 0.6 is 0 Å². The minimum absolute atomic E-state index is 0.108. The van der Waals surface area contributed by atoms with Gasteiger partial charge in [-0.05, 0) is 37.1 Å². The molecule has 0 aliphatic heterocycles. The Balaban J connectivity index is 2.62. The predicted molar refractivity (Wildman–Crippen MR) is 105 cm³/mol. The number of carbonyl (C=O) groups is 1. The van der Waals surface area contributed by atoms with Crippen molar-refractivity contribution in [1.82, 2.24) is 0 Å². The van der Waals surface area contributed by atoms with E-state index in [-0.39, 0.29) is 16.2 Å². The summed E-state index contributed by atoms with van der Waals surface area (Å²) in [5.41, 5.74) is -4.84. The Morgan fingerprint density at radius 2 is 1.66 bits per heavy atom. The highest BCUT2D eigenvalue weighted by Gasteiger charge is 2.64. The average Bonchev–Trinajstić information content (AvgIpc) is 2.66. The van der Waals surface area contributed by atoms with Gasteiger partial charge in [0.25, 0.3) is 11.5 Å². The van der Waals surface area contributed by atoms with E-state index in [0.717, 1.165) is 24.3 Å². The Labute approximate surface area is 181 Å². The molecule has 0 radical (unpaired) electrons. The third-order valence-corrected chi connectivity index (χ3v) is 6.47. The number of sulfone groups is 1. The number of hydroxylamine groups is 1. The number of hydrogen-bond acceptors (Lipinski definition) is 7. The first-order valence-electron chi connectivity index (χ1n) is 8.85. The lowest BCUT2D eigenvalue weighted by molar-refractivity contribution is -0.458. The smallest absolute Gasteiger partial charge is 0.356 e. The van der Waals surface area contributed by atoms with Crippen LogP contribution in [0.25, 0.3) is 0 Å². The van der Waals surface area contributed by atoms with Crippen LogP contribution in [0, 0.1) is 24.0 Å². The highest BCUT2D eigenvalue weighted by atomic mass is 32.2. The van der Waals surface area contributed by atoms with E-state index in [0.29, 0.717) is 7.11 Å². The molecule has 2 aromatic rings. The van der Waals surface area contributed by atoms with Crippen molar-refractivity contribution in [1.29, 1.82) is 0 Å². The fraction of sp³-hybridized carbons (Fsp3) is 0.316. The van der Waals surface area contributed by atoms with E-state index in [1.807, 2.05) is 0 Å². The van der Waals surface area contributed by atoms with E-state index in [9.17, 15) is 41.7 Å². The number of aryl methyl sites for hydroxylation is 2. The summed E-state index contributed by atoms with van der Waals surface area (Å²) in [6.45, 7) is 2.46. The minimum Gasteiger partial charge on any atom is -0.356 e. The molecule has 0 fully saturated rings. The van der Waals surface area contributed by atoms with Crippen molar-refractivity contribution in [2.75, 3.05) is 18.0 Å². The maximum Gasteiger partial charge on any atom is 0.431 e. The number of hydrogen-bond donors (Lipinski definition) is 1. The second kappa shape index (κ2) is 8.84. The summed E-state index contributed by atoms with van der Waals surface area (Å²) in [6.07, 6.45) is -5.28. The van der Waals surface area contributed by atoms with Crippen molar-refractivity contribution in [3.8, 4) is 0 Å². The number of halogens is 3. The Morgan fingerprint density at radius 1 is 1.16 bits per heavy atom. The number of anilines is 1. The van der Waals surface area contributed by atoms with Gasteiger partial charge in [-0.1, -0.05) is 30.3 Å². The molecule has 0 aliphatic rings. The van der Waals surface area contributed by atoms with Crippen molar-refractivity contribution < 1.29 is 41.3 Å². The van der Waals surface area contributed by atoms with Crippen molar-refractivity contribution >= 4 is 21.4 Å². The summed E-state index contributed by atoms with van der Waals surface area (Å²) in [7, 11) is -3.71. The lowest BCUT2D eigenvalue weighted by atomic mass is 9.91. The van der Waals surface area contributed by atoms with Crippen LogP contribution in [0.15, 0.2) is 47.4 Å². The molecule has 1 N–H and O–H groups in total. The van der Waals surface area contributed by atoms with E-state index < -0.39 is 54.5 Å². The minimum atomic E-state index is -5.28. The third kappa shape index (κ3) is 4.45. The molecule has 0 aromatic heterocycles. The molecule has 174 valence electrons. The van der Waals surface area contributed by atoms with Crippen molar-refractivity contribution in [3.05, 3.63) is 69.3 Å². The number of amides is 1. The van der Waals surface area contributed by atoms with Gasteiger partial charge in [0.15, 0.2) is 0 Å². The van der Waals surface area contributed by atoms with Gasteiger partial charge >= 0.3 is 12.1 Å². The number of benzene rings is 2. The Kier molecular flexibility index (Phi) is 6.97. The molecule has 1 unspecified atom stereocenters. The van der Waals surface area contributed by atoms with Crippen molar-refractivity contribution in [2.24, 2.45) is 0 Å². The summed E-state index contributed by atoms with van der Waals surface area (Å²) in [5.74, 6) is -3.29. The van der Waals surface area contributed by atoms with Crippen LogP contribution in [0.1, 0.15) is 16.7 Å². The number of ether oxygens (including phenoxy) is 1. The van der Waals surface area contributed by atoms with Crippen LogP contribution in [-0.2, 0) is 25.0 Å². The highest BCUT2D eigenvalue weighted by molar-refractivity contribution is 7.91. The summed E-state index contributed by atoms with van der Waals surface area (Å²) in [6, 6.07) is 7.82. The summed E-state index contributed by atoms with van der Waals surface area (Å²) >= 11 is 0. The second-order valence-electron chi connectivity index (χ2n) is 6.85. The zero-order valence-corrected chi connectivity index (χ0v) is 17.9. The fourth-order valence-corrected chi connectivity index (χ4v) is 4.92. The average molecular weight is 476 g/mol. The molecule has 1 atom stereocenters. The largest absolute Gasteiger partial charge is 0.431 e. The molecular weight excluding hydrogens is 457 g/mol. The molecular formula is C19H19F3N2O7S. The molecule has 0 bridgehead atoms. The van der Waals surface area contributed by atoms with Gasteiger partial charge in [-0.25, -0.2) is 8.42 Å². The van der Waals surface area contributed by atoms with Gasteiger partial charge in [-0.3, -0.25) is 20.1 Å². The molecule has 2 rings (SSSR count). The normalized spacial score (nSPS) is 14.0. The quantitative estimate of drug-likeness (QED) is 0.369. The first-order chi connectivity index (χ1) is 14.7. The number of nitro groups is 1. The van der Waals surface area contributed by atoms with Gasteiger partial charge in [0.05, 0.1) is 10.6 Å². The number of rotatable bonds is 7. The van der Waals surface area contributed by atoms with Crippen LogP contribution in [0.2, 0.25) is 0 Å². The maximum atomic E-state index is 14.1.